The molecule has 2 N–H and O–H groups in total. The molecule has 1 aromatic heterocycles. The van der Waals surface area contributed by atoms with E-state index in [0.717, 1.165) is 17.8 Å². The number of H-pyrrole nitrogens is 1. The van der Waals surface area contributed by atoms with Crippen LogP contribution in [0.25, 0.3) is 6.08 Å². The number of aryl methyl sites for hydroxylation is 1. The fourth-order valence-electron chi connectivity index (χ4n) is 1.07. The van der Waals surface area contributed by atoms with Crippen molar-refractivity contribution in [3.8, 4) is 0 Å². The summed E-state index contributed by atoms with van der Waals surface area (Å²) in [7, 11) is 1.89. The zero-order valence-corrected chi connectivity index (χ0v) is 7.92. The third kappa shape index (κ3) is 2.87. The molecule has 0 fully saturated rings. The van der Waals surface area contributed by atoms with Crippen LogP contribution in [-0.2, 0) is 0 Å². The highest BCUT2D eigenvalue weighted by molar-refractivity contribution is 5.51. The molecular formula is C10H14N2O. The van der Waals surface area contributed by atoms with Crippen LogP contribution in [0, 0.1) is 6.92 Å². The number of aromatic nitrogens is 1. The highest BCUT2D eigenvalue weighted by atomic mass is 16.1. The highest BCUT2D eigenvalue weighted by Gasteiger charge is 1.92. The predicted octanol–water partition coefficient (Wildman–Crippen LogP) is 0.916. The zero-order valence-electron chi connectivity index (χ0n) is 7.92. The maximum absolute atomic E-state index is 10.9. The van der Waals surface area contributed by atoms with Gasteiger partial charge in [-0.3, -0.25) is 4.79 Å². The van der Waals surface area contributed by atoms with Crippen molar-refractivity contribution >= 4 is 6.08 Å². The Morgan fingerprint density at radius 1 is 1.54 bits per heavy atom. The van der Waals surface area contributed by atoms with Gasteiger partial charge in [-0.1, -0.05) is 12.2 Å². The second-order valence-corrected chi connectivity index (χ2v) is 2.86. The van der Waals surface area contributed by atoms with Crippen LogP contribution >= 0.6 is 0 Å². The van der Waals surface area contributed by atoms with Crippen LogP contribution in [0.5, 0.6) is 0 Å². The Balaban J connectivity index is 2.83. The van der Waals surface area contributed by atoms with E-state index in [1.165, 1.54) is 6.07 Å². The molecule has 0 aliphatic rings. The molecule has 0 bridgehead atoms. The molecule has 0 amide bonds. The van der Waals surface area contributed by atoms with Gasteiger partial charge in [-0.25, -0.2) is 0 Å². The van der Waals surface area contributed by atoms with Gasteiger partial charge < -0.3 is 10.3 Å². The maximum atomic E-state index is 10.9. The van der Waals surface area contributed by atoms with Crippen LogP contribution in [0.4, 0.5) is 0 Å². The summed E-state index contributed by atoms with van der Waals surface area (Å²) in [6.45, 7) is 2.72. The molecule has 1 aromatic rings. The lowest BCUT2D eigenvalue weighted by Gasteiger charge is -1.98. The van der Waals surface area contributed by atoms with E-state index in [2.05, 4.69) is 10.3 Å². The Bertz CT molecular complexity index is 352. The van der Waals surface area contributed by atoms with E-state index in [9.17, 15) is 4.79 Å². The lowest BCUT2D eigenvalue weighted by Crippen LogP contribution is -2.06. The average Bonchev–Trinajstić information content (AvgIpc) is 2.09. The SMILES string of the molecule is CNCC=Cc1ccc(=O)[nH]c1C. The van der Waals surface area contributed by atoms with Gasteiger partial charge in [-0.15, -0.1) is 0 Å². The van der Waals surface area contributed by atoms with Gasteiger partial charge >= 0.3 is 0 Å². The van der Waals surface area contributed by atoms with Crippen LogP contribution in [0.2, 0.25) is 0 Å². The molecule has 3 nitrogen and oxygen atoms in total. The molecule has 0 radical (unpaired) electrons. The number of hydrogen-bond acceptors (Lipinski definition) is 2. The number of nitrogens with one attached hydrogen (secondary N) is 2. The van der Waals surface area contributed by atoms with Gasteiger partial charge in [0.05, 0.1) is 0 Å². The quantitative estimate of drug-likeness (QED) is 0.722. The second kappa shape index (κ2) is 4.62. The van der Waals surface area contributed by atoms with Crippen LogP contribution in [0.3, 0.4) is 0 Å². The number of aromatic amines is 1. The smallest absolute Gasteiger partial charge is 0.248 e. The van der Waals surface area contributed by atoms with E-state index < -0.39 is 0 Å². The van der Waals surface area contributed by atoms with Crippen molar-refractivity contribution in [2.45, 2.75) is 6.92 Å². The Kier molecular flexibility index (Phi) is 3.46. The molecule has 0 atom stereocenters. The van der Waals surface area contributed by atoms with Crippen LogP contribution in [0.15, 0.2) is 23.0 Å². The molecular weight excluding hydrogens is 164 g/mol. The Morgan fingerprint density at radius 3 is 2.92 bits per heavy atom. The van der Waals surface area contributed by atoms with E-state index in [1.54, 1.807) is 0 Å². The van der Waals surface area contributed by atoms with Crippen molar-refractivity contribution in [3.05, 3.63) is 39.8 Å². The van der Waals surface area contributed by atoms with E-state index in [4.69, 9.17) is 0 Å². The predicted molar refractivity (Wildman–Crippen MR) is 54.8 cm³/mol. The van der Waals surface area contributed by atoms with Crippen molar-refractivity contribution in [2.24, 2.45) is 0 Å². The fraction of sp³-hybridized carbons (Fsp3) is 0.300. The van der Waals surface area contributed by atoms with Crippen molar-refractivity contribution in [1.29, 1.82) is 0 Å². The summed E-state index contributed by atoms with van der Waals surface area (Å²) in [6.07, 6.45) is 4.00. The van der Waals surface area contributed by atoms with Crippen LogP contribution in [-0.4, -0.2) is 18.6 Å². The van der Waals surface area contributed by atoms with Crippen molar-refractivity contribution in [2.75, 3.05) is 13.6 Å². The minimum Gasteiger partial charge on any atom is -0.326 e. The summed E-state index contributed by atoms with van der Waals surface area (Å²) >= 11 is 0. The molecule has 0 spiro atoms. The van der Waals surface area contributed by atoms with Gasteiger partial charge in [0.1, 0.15) is 0 Å². The number of likely N-dealkylation sites (N-methyl/N-ethyl adjacent to an activating group) is 1. The standard InChI is InChI=1S/C10H14N2O/c1-8-9(4-3-7-11-2)5-6-10(13)12-8/h3-6,11H,7H2,1-2H3,(H,12,13). The van der Waals surface area contributed by atoms with Gasteiger partial charge in [0.15, 0.2) is 0 Å². The Morgan fingerprint density at radius 2 is 2.31 bits per heavy atom. The molecule has 1 heterocycles. The van der Waals surface area contributed by atoms with Crippen LogP contribution in [0.1, 0.15) is 11.3 Å². The van der Waals surface area contributed by atoms with E-state index in [-0.39, 0.29) is 5.56 Å². The molecule has 0 unspecified atom stereocenters. The first-order chi connectivity index (χ1) is 6.24. The van der Waals surface area contributed by atoms with E-state index in [1.807, 2.05) is 32.2 Å². The monoisotopic (exact) mass is 178 g/mol. The number of rotatable bonds is 3. The average molecular weight is 178 g/mol. The van der Waals surface area contributed by atoms with Crippen molar-refractivity contribution < 1.29 is 0 Å². The third-order valence-corrected chi connectivity index (χ3v) is 1.78. The largest absolute Gasteiger partial charge is 0.326 e. The highest BCUT2D eigenvalue weighted by Crippen LogP contribution is 2.03. The summed E-state index contributed by atoms with van der Waals surface area (Å²) in [5, 5.41) is 3.01. The second-order valence-electron chi connectivity index (χ2n) is 2.86. The molecule has 3 heteroatoms. The molecule has 0 aliphatic heterocycles. The lowest BCUT2D eigenvalue weighted by molar-refractivity contribution is 0.922. The molecule has 0 saturated carbocycles. The topological polar surface area (TPSA) is 44.9 Å². The first-order valence-electron chi connectivity index (χ1n) is 4.25. The van der Waals surface area contributed by atoms with Gasteiger partial charge in [-0.2, -0.15) is 0 Å². The molecule has 70 valence electrons. The summed E-state index contributed by atoms with van der Waals surface area (Å²) in [5.74, 6) is 0. The van der Waals surface area contributed by atoms with Crippen molar-refractivity contribution in [3.63, 3.8) is 0 Å². The molecule has 13 heavy (non-hydrogen) atoms. The molecule has 1 rings (SSSR count). The van der Waals surface area contributed by atoms with Crippen LogP contribution < -0.4 is 10.9 Å². The van der Waals surface area contributed by atoms with Gasteiger partial charge in [0.2, 0.25) is 5.56 Å². The van der Waals surface area contributed by atoms with Gasteiger partial charge in [0, 0.05) is 18.3 Å². The first-order valence-corrected chi connectivity index (χ1v) is 4.25. The minimum atomic E-state index is -0.0525. The Hall–Kier alpha value is -1.35. The number of pyridine rings is 1. The fourth-order valence-corrected chi connectivity index (χ4v) is 1.07. The summed E-state index contributed by atoms with van der Waals surface area (Å²) < 4.78 is 0. The maximum Gasteiger partial charge on any atom is 0.248 e. The summed E-state index contributed by atoms with van der Waals surface area (Å²) in [4.78, 5) is 13.6. The normalized spacial score (nSPS) is 10.9. The van der Waals surface area contributed by atoms with Crippen molar-refractivity contribution in [1.82, 2.24) is 10.3 Å². The summed E-state index contributed by atoms with van der Waals surface area (Å²) in [5.41, 5.74) is 1.90. The molecule has 0 saturated heterocycles. The molecule has 0 aliphatic carbocycles. The van der Waals surface area contributed by atoms with E-state index >= 15 is 0 Å². The zero-order chi connectivity index (χ0) is 9.68. The molecule has 0 aromatic carbocycles. The van der Waals surface area contributed by atoms with E-state index in [0.29, 0.717) is 0 Å². The summed E-state index contributed by atoms with van der Waals surface area (Å²) in [6, 6.07) is 3.35. The van der Waals surface area contributed by atoms with Gasteiger partial charge in [-0.05, 0) is 25.6 Å². The number of hydrogen-bond donors (Lipinski definition) is 2. The first kappa shape index (κ1) is 9.74. The minimum absolute atomic E-state index is 0.0525. The third-order valence-electron chi connectivity index (χ3n) is 1.78. The van der Waals surface area contributed by atoms with Gasteiger partial charge in [0.25, 0.3) is 0 Å². The lowest BCUT2D eigenvalue weighted by atomic mass is 10.2. The Labute approximate surface area is 77.5 Å².